The van der Waals surface area contributed by atoms with Crippen molar-refractivity contribution in [3.05, 3.63) is 0 Å². The topological polar surface area (TPSA) is 12.5 Å². The number of nitrogens with zero attached hydrogens (tertiary/aromatic N) is 1. The molecule has 0 radical (unpaired) electrons. The molecule has 2 aliphatic heterocycles. The van der Waals surface area contributed by atoms with E-state index in [9.17, 15) is 4.39 Å². The molecular weight excluding hydrogens is 193 g/mol. The molecule has 0 aliphatic carbocycles. The molecule has 0 aromatic carbocycles. The largest absolute Gasteiger partial charge is 0.374 e. The van der Waals surface area contributed by atoms with E-state index in [-0.39, 0.29) is 6.42 Å². The molecule has 2 atom stereocenters. The number of fused-ring (bicyclic) bond motifs is 1. The first-order valence-electron chi connectivity index (χ1n) is 6.76. The highest BCUT2D eigenvalue weighted by Crippen LogP contribution is 2.40. The van der Waals surface area contributed by atoms with Gasteiger partial charge in [0.15, 0.2) is 0 Å². The first kappa shape index (κ1) is 8.94. The van der Waals surface area contributed by atoms with Crippen LogP contribution in [-0.4, -0.2) is 41.9 Å². The van der Waals surface area contributed by atoms with Gasteiger partial charge in [0.2, 0.25) is 0 Å². The minimum absolute atomic E-state index is 0.260. The molecule has 2 nitrogen and oxygen atoms in total. The van der Waals surface area contributed by atoms with Gasteiger partial charge < -0.3 is 4.74 Å². The average molecular weight is 217 g/mol. The molecule has 0 amide bonds. The smallest absolute Gasteiger partial charge is 0.115 e. The Kier molecular flexibility index (Phi) is 2.21. The zero-order valence-electron chi connectivity index (χ0n) is 11.8. The van der Waals surface area contributed by atoms with Gasteiger partial charge in [0.05, 0.1) is 14.9 Å². The van der Waals surface area contributed by atoms with Crippen LogP contribution in [0, 0.1) is 0 Å². The Balaban J connectivity index is 2.24. The Morgan fingerprint density at radius 3 is 3.00 bits per heavy atom. The van der Waals surface area contributed by atoms with Gasteiger partial charge in [-0.1, -0.05) is 0 Å². The second-order valence-corrected chi connectivity index (χ2v) is 5.70. The lowest BCUT2D eigenvalue weighted by Gasteiger charge is -2.34. The SMILES string of the molecule is [2H]C([2H])(OC(C)(C)C)[C@]12CCCN1C[C@@H](F)C2. The standard InChI is InChI=1S/C12H22FNO/c1-11(2,3)15-9-12-5-4-6-14(12)8-10(13)7-12/h10H,4-9H2,1-3H3/t10-,12+/m0/s1/i9D2. The minimum atomic E-state index is -1.79. The lowest BCUT2D eigenvalue weighted by molar-refractivity contribution is -0.0525. The third-order valence-corrected chi connectivity index (χ3v) is 3.15. The fourth-order valence-corrected chi connectivity index (χ4v) is 2.51. The van der Waals surface area contributed by atoms with Gasteiger partial charge in [-0.2, -0.15) is 0 Å². The molecule has 88 valence electrons. The maximum absolute atomic E-state index is 13.6. The maximum atomic E-state index is 13.6. The quantitative estimate of drug-likeness (QED) is 0.704. The number of hydrogen-bond donors (Lipinski definition) is 0. The van der Waals surface area contributed by atoms with E-state index in [1.165, 1.54) is 0 Å². The van der Waals surface area contributed by atoms with Crippen molar-refractivity contribution in [1.82, 2.24) is 4.90 Å². The molecule has 2 rings (SSSR count). The Morgan fingerprint density at radius 2 is 2.33 bits per heavy atom. The monoisotopic (exact) mass is 217 g/mol. The predicted molar refractivity (Wildman–Crippen MR) is 58.8 cm³/mol. The van der Waals surface area contributed by atoms with Crippen LogP contribution in [0.3, 0.4) is 0 Å². The van der Waals surface area contributed by atoms with E-state index in [4.69, 9.17) is 7.48 Å². The van der Waals surface area contributed by atoms with E-state index in [1.54, 1.807) is 0 Å². The first-order valence-corrected chi connectivity index (χ1v) is 5.76. The molecular formula is C12H22FNO. The van der Waals surface area contributed by atoms with Crippen LogP contribution in [-0.2, 0) is 4.74 Å². The van der Waals surface area contributed by atoms with Crippen molar-refractivity contribution in [1.29, 1.82) is 0 Å². The Bertz CT molecular complexity index is 305. The van der Waals surface area contributed by atoms with E-state index in [0.29, 0.717) is 13.0 Å². The summed E-state index contributed by atoms with van der Waals surface area (Å²) < 4.78 is 35.6. The molecule has 2 saturated heterocycles. The molecule has 0 spiro atoms. The molecule has 2 fully saturated rings. The number of halogens is 1. The lowest BCUT2D eigenvalue weighted by Crippen LogP contribution is -2.44. The molecule has 0 aromatic heterocycles. The number of alkyl halides is 1. The van der Waals surface area contributed by atoms with Crippen LogP contribution in [0.4, 0.5) is 4.39 Å². The minimum Gasteiger partial charge on any atom is -0.374 e. The van der Waals surface area contributed by atoms with Gasteiger partial charge in [0, 0.05) is 18.5 Å². The molecule has 2 heterocycles. The summed E-state index contributed by atoms with van der Waals surface area (Å²) in [7, 11) is 0. The zero-order chi connectivity index (χ0) is 12.9. The summed E-state index contributed by atoms with van der Waals surface area (Å²) in [5.41, 5.74) is -1.30. The fourth-order valence-electron chi connectivity index (χ4n) is 2.51. The van der Waals surface area contributed by atoms with Gasteiger partial charge in [-0.15, -0.1) is 0 Å². The number of rotatable bonds is 2. The van der Waals surface area contributed by atoms with Crippen LogP contribution in [0.2, 0.25) is 0 Å². The van der Waals surface area contributed by atoms with Crippen LogP contribution in [0.15, 0.2) is 0 Å². The maximum Gasteiger partial charge on any atom is 0.115 e. The molecule has 2 aliphatic rings. The zero-order valence-corrected chi connectivity index (χ0v) is 9.85. The Labute approximate surface area is 94.6 Å². The Morgan fingerprint density at radius 1 is 1.60 bits per heavy atom. The summed E-state index contributed by atoms with van der Waals surface area (Å²) in [6.45, 7) is 4.86. The van der Waals surface area contributed by atoms with Crippen molar-refractivity contribution in [2.24, 2.45) is 0 Å². The van der Waals surface area contributed by atoms with Crippen LogP contribution >= 0.6 is 0 Å². The van der Waals surface area contributed by atoms with E-state index < -0.39 is 23.9 Å². The number of ether oxygens (including phenoxy) is 1. The van der Waals surface area contributed by atoms with Crippen molar-refractivity contribution >= 4 is 0 Å². The van der Waals surface area contributed by atoms with Gasteiger partial charge >= 0.3 is 0 Å². The van der Waals surface area contributed by atoms with Gasteiger partial charge in [-0.3, -0.25) is 4.90 Å². The first-order chi connectivity index (χ1) is 7.66. The van der Waals surface area contributed by atoms with Crippen LogP contribution < -0.4 is 0 Å². The van der Waals surface area contributed by atoms with Crippen molar-refractivity contribution in [2.45, 2.75) is 57.3 Å². The highest BCUT2D eigenvalue weighted by atomic mass is 19.1. The van der Waals surface area contributed by atoms with Gasteiger partial charge in [-0.05, 0) is 40.2 Å². The number of hydrogen-bond acceptors (Lipinski definition) is 2. The molecule has 15 heavy (non-hydrogen) atoms. The summed E-state index contributed by atoms with van der Waals surface area (Å²) in [6, 6.07) is 0. The van der Waals surface area contributed by atoms with Gasteiger partial charge in [-0.25, -0.2) is 4.39 Å². The van der Waals surface area contributed by atoms with Crippen molar-refractivity contribution in [2.75, 3.05) is 19.6 Å². The summed E-state index contributed by atoms with van der Waals surface area (Å²) in [5.74, 6) is 0. The normalized spacial score (nSPS) is 40.1. The van der Waals surface area contributed by atoms with Crippen molar-refractivity contribution in [3.8, 4) is 0 Å². The molecule has 0 saturated carbocycles. The third-order valence-electron chi connectivity index (χ3n) is 3.15. The molecule has 0 unspecified atom stereocenters. The molecule has 0 aromatic rings. The fraction of sp³-hybridized carbons (Fsp3) is 1.00. The highest BCUT2D eigenvalue weighted by molar-refractivity contribution is 5.03. The van der Waals surface area contributed by atoms with E-state index in [0.717, 1.165) is 13.0 Å². The lowest BCUT2D eigenvalue weighted by atomic mass is 9.94. The summed E-state index contributed by atoms with van der Waals surface area (Å²) in [5, 5.41) is 0. The summed E-state index contributed by atoms with van der Waals surface area (Å²) in [6.07, 6.45) is 0.959. The second-order valence-electron chi connectivity index (χ2n) is 5.70. The van der Waals surface area contributed by atoms with Crippen LogP contribution in [0.25, 0.3) is 0 Å². The van der Waals surface area contributed by atoms with E-state index in [2.05, 4.69) is 0 Å². The summed E-state index contributed by atoms with van der Waals surface area (Å²) >= 11 is 0. The molecule has 3 heteroatoms. The van der Waals surface area contributed by atoms with Crippen molar-refractivity contribution in [3.63, 3.8) is 0 Å². The summed E-state index contributed by atoms with van der Waals surface area (Å²) in [4.78, 5) is 1.95. The van der Waals surface area contributed by atoms with Crippen molar-refractivity contribution < 1.29 is 11.9 Å². The highest BCUT2D eigenvalue weighted by Gasteiger charge is 2.49. The van der Waals surface area contributed by atoms with Gasteiger partial charge in [0.1, 0.15) is 6.17 Å². The van der Waals surface area contributed by atoms with Gasteiger partial charge in [0.25, 0.3) is 0 Å². The average Bonchev–Trinajstić information content (AvgIpc) is 2.55. The molecule has 0 N–H and O–H groups in total. The third kappa shape index (κ3) is 2.34. The van der Waals surface area contributed by atoms with Crippen LogP contribution in [0.5, 0.6) is 0 Å². The van der Waals surface area contributed by atoms with E-state index in [1.807, 2.05) is 25.7 Å². The van der Waals surface area contributed by atoms with E-state index >= 15 is 0 Å². The Hall–Kier alpha value is -0.150. The predicted octanol–water partition coefficient (Wildman–Crippen LogP) is 2.38. The second kappa shape index (κ2) is 3.70. The molecule has 0 bridgehead atoms. The van der Waals surface area contributed by atoms with Crippen LogP contribution in [0.1, 0.15) is 42.8 Å².